The second kappa shape index (κ2) is 13.3. The first-order valence-electron chi connectivity index (χ1n) is 9.70. The number of amides is 1. The Morgan fingerprint density at radius 2 is 1.97 bits per heavy atom. The number of aromatic nitrogens is 2. The van der Waals surface area contributed by atoms with E-state index < -0.39 is 0 Å². The molecule has 0 bridgehead atoms. The molecule has 2 aromatic heterocycles. The van der Waals surface area contributed by atoms with Gasteiger partial charge in [0.15, 0.2) is 0 Å². The minimum Gasteiger partial charge on any atom is -0.497 e. The van der Waals surface area contributed by atoms with Gasteiger partial charge in [0.1, 0.15) is 11.6 Å². The van der Waals surface area contributed by atoms with Crippen LogP contribution in [0.5, 0.6) is 5.75 Å². The molecule has 0 aliphatic heterocycles. The highest BCUT2D eigenvalue weighted by Gasteiger charge is 2.08. The summed E-state index contributed by atoms with van der Waals surface area (Å²) >= 11 is 3.27. The third kappa shape index (κ3) is 8.16. The van der Waals surface area contributed by atoms with Crippen molar-refractivity contribution in [2.75, 3.05) is 23.6 Å². The molecule has 2 heterocycles. The number of ether oxygens (including phenoxy) is 1. The topological polar surface area (TPSA) is 88.5 Å². The second-order valence-corrected chi connectivity index (χ2v) is 8.57. The van der Waals surface area contributed by atoms with Gasteiger partial charge in [-0.15, -0.1) is 23.1 Å². The van der Waals surface area contributed by atoms with Crippen LogP contribution in [0, 0.1) is 20.8 Å². The normalized spacial score (nSPS) is 10.6. The number of hydrogen-bond donors (Lipinski definition) is 2. The lowest BCUT2D eigenvalue weighted by Gasteiger charge is -2.04. The van der Waals surface area contributed by atoms with Crippen LogP contribution in [-0.2, 0) is 4.79 Å². The summed E-state index contributed by atoms with van der Waals surface area (Å²) in [5.74, 6) is 2.38. The molecule has 0 radical (unpaired) electrons. The molecule has 1 amide bonds. The number of pyridine rings is 1. The molecule has 0 fully saturated rings. The van der Waals surface area contributed by atoms with Crippen LogP contribution < -0.4 is 15.4 Å². The van der Waals surface area contributed by atoms with Crippen LogP contribution in [0.4, 0.5) is 11.5 Å². The fraction of sp³-hybridized carbons (Fsp3) is 0.217. The van der Waals surface area contributed by atoms with Gasteiger partial charge in [-0.05, 0) is 68.8 Å². The maximum absolute atomic E-state index is 9.99. The smallest absolute Gasteiger partial charge is 0.211 e. The van der Waals surface area contributed by atoms with Crippen molar-refractivity contribution < 1.29 is 9.53 Å². The molecule has 0 aliphatic carbocycles. The fourth-order valence-corrected chi connectivity index (χ4v) is 4.13. The molecule has 2 N–H and O–H groups in total. The molecule has 0 atom stereocenters. The number of aryl methyl sites for hydroxylation is 3. The molecule has 3 aromatic rings. The third-order valence-electron chi connectivity index (χ3n) is 4.07. The molecule has 0 saturated carbocycles. The van der Waals surface area contributed by atoms with Crippen LogP contribution in [0.3, 0.4) is 0 Å². The Morgan fingerprint density at radius 3 is 2.50 bits per heavy atom. The van der Waals surface area contributed by atoms with Crippen molar-refractivity contribution in [2.45, 2.75) is 20.8 Å². The standard InChI is InChI=1S/C15H18N4S2.C8H9NO2/c1-10-5-6-14(17-7-10)18-9-20-8-13(16-4)15-11(2)19-12(3)21-15;1-11-8-4-2-7(3-5-8)9-6-10/h5-8H,4,9H2,1-3H3,(H,17,18);2-6H,1H3,(H,9,10)/b13-8-;. The van der Waals surface area contributed by atoms with Gasteiger partial charge in [-0.25, -0.2) is 9.97 Å². The number of nitrogens with one attached hydrogen (secondary N) is 2. The lowest BCUT2D eigenvalue weighted by Crippen LogP contribution is -1.98. The zero-order valence-electron chi connectivity index (χ0n) is 18.6. The van der Waals surface area contributed by atoms with Crippen molar-refractivity contribution in [3.63, 3.8) is 0 Å². The molecular weight excluding hydrogens is 442 g/mol. The molecule has 7 nitrogen and oxygen atoms in total. The molecule has 3 rings (SSSR count). The van der Waals surface area contributed by atoms with Crippen molar-refractivity contribution in [2.24, 2.45) is 4.99 Å². The number of anilines is 2. The van der Waals surface area contributed by atoms with Crippen molar-refractivity contribution in [1.82, 2.24) is 9.97 Å². The SMILES string of the molecule is C=N/C(=C\SCNc1ccc(C)cn1)c1sc(C)nc1C.COc1ccc(NC=O)cc1. The first-order chi connectivity index (χ1) is 15.5. The Labute approximate surface area is 197 Å². The number of carbonyl (C=O) groups is 1. The van der Waals surface area contributed by atoms with Crippen LogP contribution in [0.25, 0.3) is 5.70 Å². The number of aliphatic imine (C=N–C) groups is 1. The lowest BCUT2D eigenvalue weighted by molar-refractivity contribution is -0.105. The van der Waals surface area contributed by atoms with E-state index >= 15 is 0 Å². The number of thiazole rings is 1. The number of nitrogens with zero attached hydrogens (tertiary/aromatic N) is 3. The van der Waals surface area contributed by atoms with Gasteiger partial charge in [0.2, 0.25) is 6.41 Å². The molecule has 168 valence electrons. The summed E-state index contributed by atoms with van der Waals surface area (Å²) in [5, 5.41) is 8.83. The molecule has 0 spiro atoms. The molecule has 0 aliphatic rings. The summed E-state index contributed by atoms with van der Waals surface area (Å²) in [5.41, 5.74) is 3.80. The number of rotatable bonds is 9. The van der Waals surface area contributed by atoms with Crippen molar-refractivity contribution in [1.29, 1.82) is 0 Å². The zero-order chi connectivity index (χ0) is 23.3. The minimum absolute atomic E-state index is 0.641. The van der Waals surface area contributed by atoms with E-state index in [9.17, 15) is 4.79 Å². The summed E-state index contributed by atoms with van der Waals surface area (Å²) in [6.07, 6.45) is 2.49. The quantitative estimate of drug-likeness (QED) is 0.185. The Balaban J connectivity index is 0.000000278. The van der Waals surface area contributed by atoms with Crippen molar-refractivity contribution in [3.05, 3.63) is 69.1 Å². The van der Waals surface area contributed by atoms with Gasteiger partial charge >= 0.3 is 0 Å². The number of methoxy groups -OCH3 is 1. The van der Waals surface area contributed by atoms with Crippen LogP contribution in [0.15, 0.2) is 53.0 Å². The van der Waals surface area contributed by atoms with E-state index in [1.54, 1.807) is 54.5 Å². The summed E-state index contributed by atoms with van der Waals surface area (Å²) in [6, 6.07) is 11.1. The average molecular weight is 470 g/mol. The van der Waals surface area contributed by atoms with Crippen LogP contribution >= 0.6 is 23.1 Å². The summed E-state index contributed by atoms with van der Waals surface area (Å²) in [6.45, 7) is 9.67. The van der Waals surface area contributed by atoms with E-state index in [-0.39, 0.29) is 0 Å². The van der Waals surface area contributed by atoms with Crippen molar-refractivity contribution >= 4 is 53.4 Å². The van der Waals surface area contributed by atoms with E-state index in [0.717, 1.165) is 50.0 Å². The zero-order valence-corrected chi connectivity index (χ0v) is 20.2. The highest BCUT2D eigenvalue weighted by Crippen LogP contribution is 2.28. The first kappa shape index (κ1) is 25.1. The predicted molar refractivity (Wildman–Crippen MR) is 137 cm³/mol. The Hall–Kier alpha value is -3.17. The fourth-order valence-electron chi connectivity index (χ4n) is 2.50. The van der Waals surface area contributed by atoms with Crippen molar-refractivity contribution in [3.8, 4) is 5.75 Å². The molecule has 1 aromatic carbocycles. The molecular formula is C23H27N5O2S2. The summed E-state index contributed by atoms with van der Waals surface area (Å²) < 4.78 is 4.93. The highest BCUT2D eigenvalue weighted by atomic mass is 32.2. The van der Waals surface area contributed by atoms with Gasteiger partial charge < -0.3 is 15.4 Å². The van der Waals surface area contributed by atoms with E-state index in [0.29, 0.717) is 6.41 Å². The molecule has 0 unspecified atom stereocenters. The first-order valence-corrected chi connectivity index (χ1v) is 11.6. The van der Waals surface area contributed by atoms with Crippen LogP contribution in [0.2, 0.25) is 0 Å². The average Bonchev–Trinajstić information content (AvgIpc) is 3.14. The van der Waals surface area contributed by atoms with E-state index in [4.69, 9.17) is 4.74 Å². The molecule has 0 saturated heterocycles. The predicted octanol–water partition coefficient (Wildman–Crippen LogP) is 5.53. The summed E-state index contributed by atoms with van der Waals surface area (Å²) in [7, 11) is 1.60. The van der Waals surface area contributed by atoms with E-state index in [1.165, 1.54) is 0 Å². The van der Waals surface area contributed by atoms with Gasteiger partial charge in [0.05, 0.1) is 34.3 Å². The van der Waals surface area contributed by atoms with Gasteiger partial charge in [0, 0.05) is 11.9 Å². The van der Waals surface area contributed by atoms with Gasteiger partial charge in [0.25, 0.3) is 0 Å². The van der Waals surface area contributed by atoms with Crippen LogP contribution in [0.1, 0.15) is 21.1 Å². The maximum Gasteiger partial charge on any atom is 0.211 e. The number of hydrogen-bond acceptors (Lipinski definition) is 8. The number of carbonyl (C=O) groups excluding carboxylic acids is 1. The monoisotopic (exact) mass is 469 g/mol. The van der Waals surface area contributed by atoms with E-state index in [1.807, 2.05) is 44.5 Å². The highest BCUT2D eigenvalue weighted by molar-refractivity contribution is 8.02. The Kier molecular flexibility index (Phi) is 10.4. The Bertz CT molecular complexity index is 1030. The molecule has 32 heavy (non-hydrogen) atoms. The third-order valence-corrected chi connectivity index (χ3v) is 5.86. The summed E-state index contributed by atoms with van der Waals surface area (Å²) in [4.78, 5) is 23.9. The van der Waals surface area contributed by atoms with E-state index in [2.05, 4.69) is 32.3 Å². The van der Waals surface area contributed by atoms with Crippen LogP contribution in [-0.4, -0.2) is 36.1 Å². The number of thioether (sulfide) groups is 1. The maximum atomic E-state index is 9.99. The lowest BCUT2D eigenvalue weighted by atomic mass is 10.3. The van der Waals surface area contributed by atoms with Gasteiger partial charge in [-0.1, -0.05) is 6.07 Å². The van der Waals surface area contributed by atoms with Gasteiger partial charge in [-0.2, -0.15) is 0 Å². The Morgan fingerprint density at radius 1 is 1.22 bits per heavy atom. The second-order valence-electron chi connectivity index (χ2n) is 6.51. The molecule has 9 heteroatoms. The minimum atomic E-state index is 0.641. The van der Waals surface area contributed by atoms with Gasteiger partial charge in [-0.3, -0.25) is 9.79 Å². The number of benzene rings is 1. The largest absolute Gasteiger partial charge is 0.497 e.